The minimum absolute atomic E-state index is 0.0770. The number of hydrogen-bond acceptors (Lipinski definition) is 5. The fraction of sp³-hybridized carbons (Fsp3) is 0.222. The van der Waals surface area contributed by atoms with E-state index in [9.17, 15) is 18.8 Å². The zero-order chi connectivity index (χ0) is 26.2. The highest BCUT2D eigenvalue weighted by atomic mass is 19.1. The molecule has 1 saturated heterocycles. The number of urea groups is 1. The van der Waals surface area contributed by atoms with Gasteiger partial charge in [0.15, 0.2) is 0 Å². The van der Waals surface area contributed by atoms with E-state index in [2.05, 4.69) is 20.7 Å². The van der Waals surface area contributed by atoms with Crippen LogP contribution >= 0.6 is 0 Å². The second-order valence-corrected chi connectivity index (χ2v) is 9.25. The molecule has 1 atom stereocenters. The summed E-state index contributed by atoms with van der Waals surface area (Å²) in [4.78, 5) is 41.6. The molecule has 1 fully saturated rings. The van der Waals surface area contributed by atoms with Crippen LogP contribution in [0, 0.1) is 5.82 Å². The van der Waals surface area contributed by atoms with Gasteiger partial charge in [-0.3, -0.25) is 19.2 Å². The minimum atomic E-state index is -0.514. The van der Waals surface area contributed by atoms with E-state index in [-0.39, 0.29) is 37.2 Å². The highest BCUT2D eigenvalue weighted by Gasteiger charge is 2.29. The molecule has 0 radical (unpaired) electrons. The maximum absolute atomic E-state index is 14.9. The van der Waals surface area contributed by atoms with Crippen molar-refractivity contribution < 1.29 is 18.8 Å². The van der Waals surface area contributed by atoms with Crippen LogP contribution in [0.4, 0.5) is 14.9 Å². The maximum Gasteiger partial charge on any atom is 0.319 e. The van der Waals surface area contributed by atoms with Crippen molar-refractivity contribution in [1.29, 1.82) is 0 Å². The molecule has 2 aromatic heterocycles. The van der Waals surface area contributed by atoms with Crippen molar-refractivity contribution in [2.24, 2.45) is 0 Å². The topological polar surface area (TPSA) is 114 Å². The third kappa shape index (κ3) is 4.32. The molecule has 38 heavy (non-hydrogen) atoms. The Balaban J connectivity index is 1.07. The monoisotopic (exact) mass is 513 g/mol. The molecule has 4 heterocycles. The van der Waals surface area contributed by atoms with E-state index in [4.69, 9.17) is 0 Å². The highest BCUT2D eigenvalue weighted by Crippen LogP contribution is 2.38. The number of fused-ring (bicyclic) bond motifs is 3. The summed E-state index contributed by atoms with van der Waals surface area (Å²) in [7, 11) is 0. The Hall–Kier alpha value is -4.80. The largest absolute Gasteiger partial charge is 0.335 e. The van der Waals surface area contributed by atoms with E-state index in [1.165, 1.54) is 17.2 Å². The maximum atomic E-state index is 14.9. The average Bonchev–Trinajstić information content (AvgIpc) is 3.68. The van der Waals surface area contributed by atoms with Crippen LogP contribution in [0.15, 0.2) is 67.4 Å². The van der Waals surface area contributed by atoms with E-state index < -0.39 is 11.8 Å². The Morgan fingerprint density at radius 1 is 1.03 bits per heavy atom. The number of nitrogens with one attached hydrogen (secondary N) is 2. The molecule has 0 aliphatic carbocycles. The zero-order valence-electron chi connectivity index (χ0n) is 20.3. The SMILES string of the molecule is O=C(NCC1c2ccccc2-c2cncn21)Nc1ccc(-c2cnn(CCN3C(=O)CCC3=O)c2)c(F)c1. The van der Waals surface area contributed by atoms with Crippen LogP contribution < -0.4 is 10.6 Å². The van der Waals surface area contributed by atoms with Gasteiger partial charge < -0.3 is 15.2 Å². The second-order valence-electron chi connectivity index (χ2n) is 9.25. The van der Waals surface area contributed by atoms with Crippen molar-refractivity contribution in [1.82, 2.24) is 29.5 Å². The lowest BCUT2D eigenvalue weighted by atomic mass is 10.0. The zero-order valence-corrected chi connectivity index (χ0v) is 20.3. The van der Waals surface area contributed by atoms with Crippen molar-refractivity contribution >= 4 is 23.5 Å². The number of anilines is 1. The lowest BCUT2D eigenvalue weighted by Gasteiger charge is -2.16. The first kappa shape index (κ1) is 23.6. The summed E-state index contributed by atoms with van der Waals surface area (Å²) < 4.78 is 18.5. The Morgan fingerprint density at radius 2 is 1.84 bits per heavy atom. The smallest absolute Gasteiger partial charge is 0.319 e. The standard InChI is InChI=1S/C27H24FN7O3/c28-22-11-18(5-6-19(22)17-12-31-33(15-17)9-10-34-25(36)7-8-26(34)37)32-27(38)30-14-24-21-4-2-1-3-20(21)23-13-29-16-35(23)24/h1-6,11-13,15-16,24H,7-10,14H2,(H2,30,32,38). The number of hydrogen-bond donors (Lipinski definition) is 2. The highest BCUT2D eigenvalue weighted by molar-refractivity contribution is 6.01. The van der Waals surface area contributed by atoms with E-state index in [0.717, 1.165) is 16.8 Å². The number of nitrogens with zero attached hydrogens (tertiary/aromatic N) is 5. The molecule has 4 aromatic rings. The van der Waals surface area contributed by atoms with Crippen molar-refractivity contribution in [2.45, 2.75) is 25.4 Å². The van der Waals surface area contributed by atoms with E-state index in [0.29, 0.717) is 29.9 Å². The molecule has 0 saturated carbocycles. The predicted octanol–water partition coefficient (Wildman–Crippen LogP) is 3.43. The number of likely N-dealkylation sites (tertiary alicyclic amines) is 1. The molecule has 192 valence electrons. The van der Waals surface area contributed by atoms with Gasteiger partial charge in [0, 0.05) is 54.5 Å². The summed E-state index contributed by atoms with van der Waals surface area (Å²) in [5.41, 5.74) is 4.40. The summed E-state index contributed by atoms with van der Waals surface area (Å²) in [6, 6.07) is 11.9. The Morgan fingerprint density at radius 3 is 2.66 bits per heavy atom. The fourth-order valence-electron chi connectivity index (χ4n) is 5.03. The van der Waals surface area contributed by atoms with Gasteiger partial charge in [-0.25, -0.2) is 14.2 Å². The van der Waals surface area contributed by atoms with Crippen molar-refractivity contribution in [3.8, 4) is 22.4 Å². The number of amides is 4. The van der Waals surface area contributed by atoms with Crippen molar-refractivity contribution in [3.63, 3.8) is 0 Å². The van der Waals surface area contributed by atoms with Gasteiger partial charge in [-0.15, -0.1) is 0 Å². The lowest BCUT2D eigenvalue weighted by Crippen LogP contribution is -2.33. The van der Waals surface area contributed by atoms with Crippen LogP contribution in [0.2, 0.25) is 0 Å². The Kier molecular flexibility index (Phi) is 5.95. The molecule has 11 heteroatoms. The number of imide groups is 1. The summed E-state index contributed by atoms with van der Waals surface area (Å²) in [5, 5.41) is 9.78. The lowest BCUT2D eigenvalue weighted by molar-refractivity contribution is -0.138. The van der Waals surface area contributed by atoms with Crippen molar-refractivity contribution in [2.75, 3.05) is 18.4 Å². The molecule has 0 bridgehead atoms. The van der Waals surface area contributed by atoms with Crippen LogP contribution in [-0.2, 0) is 16.1 Å². The number of imidazole rings is 1. The average molecular weight is 514 g/mol. The Bertz CT molecular complexity index is 1540. The van der Waals surface area contributed by atoms with Crippen LogP contribution in [0.3, 0.4) is 0 Å². The number of carbonyl (C=O) groups is 3. The van der Waals surface area contributed by atoms with Crippen LogP contribution in [0.5, 0.6) is 0 Å². The van der Waals surface area contributed by atoms with Gasteiger partial charge in [-0.2, -0.15) is 5.10 Å². The van der Waals surface area contributed by atoms with Gasteiger partial charge in [-0.1, -0.05) is 24.3 Å². The van der Waals surface area contributed by atoms with Gasteiger partial charge in [0.1, 0.15) is 5.82 Å². The molecule has 2 aliphatic heterocycles. The van der Waals surface area contributed by atoms with Gasteiger partial charge in [-0.05, 0) is 23.8 Å². The number of rotatable bonds is 7. The van der Waals surface area contributed by atoms with E-state index in [1.807, 2.05) is 35.0 Å². The number of carbonyl (C=O) groups excluding carboxylic acids is 3. The van der Waals surface area contributed by atoms with Gasteiger partial charge in [0.2, 0.25) is 11.8 Å². The molecular formula is C27H24FN7O3. The number of halogens is 1. The van der Waals surface area contributed by atoms with Gasteiger partial charge >= 0.3 is 6.03 Å². The van der Waals surface area contributed by atoms with Crippen LogP contribution in [-0.4, -0.2) is 55.2 Å². The molecule has 2 N–H and O–H groups in total. The molecule has 2 aromatic carbocycles. The third-order valence-electron chi connectivity index (χ3n) is 6.93. The van der Waals surface area contributed by atoms with Gasteiger partial charge in [0.05, 0.1) is 37.0 Å². The molecule has 4 amide bonds. The molecule has 10 nitrogen and oxygen atoms in total. The summed E-state index contributed by atoms with van der Waals surface area (Å²) >= 11 is 0. The van der Waals surface area contributed by atoms with Crippen LogP contribution in [0.25, 0.3) is 22.4 Å². The minimum Gasteiger partial charge on any atom is -0.335 e. The quantitative estimate of drug-likeness (QED) is 0.368. The fourth-order valence-corrected chi connectivity index (χ4v) is 5.03. The summed E-state index contributed by atoms with van der Waals surface area (Å²) in [6.07, 6.45) is 7.23. The second kappa shape index (κ2) is 9.58. The third-order valence-corrected chi connectivity index (χ3v) is 6.93. The van der Waals surface area contributed by atoms with E-state index >= 15 is 0 Å². The molecule has 6 rings (SSSR count). The van der Waals surface area contributed by atoms with Crippen LogP contribution in [0.1, 0.15) is 24.4 Å². The van der Waals surface area contributed by atoms with Gasteiger partial charge in [0.25, 0.3) is 0 Å². The molecule has 2 aliphatic rings. The first-order chi connectivity index (χ1) is 18.5. The van der Waals surface area contributed by atoms with E-state index in [1.54, 1.807) is 29.3 Å². The molecule has 0 spiro atoms. The predicted molar refractivity (Wildman–Crippen MR) is 136 cm³/mol. The van der Waals surface area contributed by atoms with Crippen molar-refractivity contribution in [3.05, 3.63) is 78.8 Å². The molecular weight excluding hydrogens is 489 g/mol. The first-order valence-corrected chi connectivity index (χ1v) is 12.3. The molecule has 1 unspecified atom stereocenters. The summed E-state index contributed by atoms with van der Waals surface area (Å²) in [5.74, 6) is -0.875. The normalized spacial score (nSPS) is 16.0. The first-order valence-electron chi connectivity index (χ1n) is 12.3. The Labute approximate surface area is 217 Å². The number of benzene rings is 2. The number of aromatic nitrogens is 4. The summed E-state index contributed by atoms with van der Waals surface area (Å²) in [6.45, 7) is 0.902.